The number of halogens is 1. The third kappa shape index (κ3) is 3.81. The van der Waals surface area contributed by atoms with Gasteiger partial charge < -0.3 is 0 Å². The molecule has 0 fully saturated rings. The van der Waals surface area contributed by atoms with Gasteiger partial charge in [0.1, 0.15) is 0 Å². The molecule has 1 aromatic rings. The van der Waals surface area contributed by atoms with E-state index in [1.54, 1.807) is 0 Å². The van der Waals surface area contributed by atoms with E-state index in [2.05, 4.69) is 18.2 Å². The van der Waals surface area contributed by atoms with E-state index < -0.39 is 0 Å². The van der Waals surface area contributed by atoms with Crippen LogP contribution in [0.2, 0.25) is 0 Å². The fraction of sp³-hybridized carbons (Fsp3) is 0.700. The standard InChI is InChI=1S/C10H17ClN2/c1-8(4-9(2)11)5-10-6-12-13(3)7-10/h6-9H,4-5H2,1-3H3. The van der Waals surface area contributed by atoms with Gasteiger partial charge in [-0.05, 0) is 31.2 Å². The number of alkyl halides is 1. The minimum Gasteiger partial charge on any atom is -0.276 e. The fourth-order valence-corrected chi connectivity index (χ4v) is 1.92. The SMILES string of the molecule is CC(Cl)CC(C)Cc1cnn(C)c1. The maximum Gasteiger partial charge on any atom is 0.0521 e. The molecule has 13 heavy (non-hydrogen) atoms. The smallest absolute Gasteiger partial charge is 0.0521 e. The highest BCUT2D eigenvalue weighted by Gasteiger charge is 2.08. The first-order valence-corrected chi connectivity index (χ1v) is 5.13. The van der Waals surface area contributed by atoms with Gasteiger partial charge >= 0.3 is 0 Å². The number of aromatic nitrogens is 2. The molecule has 74 valence electrons. The van der Waals surface area contributed by atoms with Gasteiger partial charge in [0.25, 0.3) is 0 Å². The lowest BCUT2D eigenvalue weighted by Gasteiger charge is -2.10. The summed E-state index contributed by atoms with van der Waals surface area (Å²) in [7, 11) is 1.94. The zero-order chi connectivity index (χ0) is 9.84. The number of nitrogens with zero attached hydrogens (tertiary/aromatic N) is 2. The first kappa shape index (κ1) is 10.6. The predicted octanol–water partition coefficient (Wildman–Crippen LogP) is 2.62. The molecule has 0 saturated carbocycles. The quantitative estimate of drug-likeness (QED) is 0.684. The second-order valence-corrected chi connectivity index (χ2v) is 4.59. The zero-order valence-corrected chi connectivity index (χ0v) is 9.25. The number of hydrogen-bond acceptors (Lipinski definition) is 1. The van der Waals surface area contributed by atoms with Crippen molar-refractivity contribution in [2.24, 2.45) is 13.0 Å². The van der Waals surface area contributed by atoms with E-state index in [-0.39, 0.29) is 5.38 Å². The monoisotopic (exact) mass is 200 g/mol. The van der Waals surface area contributed by atoms with E-state index in [9.17, 15) is 0 Å². The van der Waals surface area contributed by atoms with Gasteiger partial charge in [-0.1, -0.05) is 6.92 Å². The molecule has 2 atom stereocenters. The average molecular weight is 201 g/mol. The third-order valence-electron chi connectivity index (χ3n) is 2.07. The Balaban J connectivity index is 2.40. The van der Waals surface area contributed by atoms with Crippen LogP contribution in [0, 0.1) is 5.92 Å². The number of rotatable bonds is 4. The van der Waals surface area contributed by atoms with Gasteiger partial charge in [-0.25, -0.2) is 0 Å². The molecule has 0 radical (unpaired) electrons. The molecule has 0 spiro atoms. The van der Waals surface area contributed by atoms with E-state index in [1.165, 1.54) is 5.56 Å². The van der Waals surface area contributed by atoms with Gasteiger partial charge in [0.05, 0.1) is 6.20 Å². The van der Waals surface area contributed by atoms with Crippen molar-refractivity contribution >= 4 is 11.6 Å². The second kappa shape index (κ2) is 4.66. The first-order chi connectivity index (χ1) is 6.08. The van der Waals surface area contributed by atoms with Crippen molar-refractivity contribution in [2.75, 3.05) is 0 Å². The van der Waals surface area contributed by atoms with Gasteiger partial charge in [-0.3, -0.25) is 4.68 Å². The Morgan fingerprint density at radius 1 is 1.54 bits per heavy atom. The van der Waals surface area contributed by atoms with E-state index in [1.807, 2.05) is 24.9 Å². The molecule has 1 aromatic heterocycles. The molecule has 0 saturated heterocycles. The lowest BCUT2D eigenvalue weighted by Crippen LogP contribution is -2.04. The van der Waals surface area contributed by atoms with E-state index in [0.29, 0.717) is 5.92 Å². The molecule has 0 bridgehead atoms. The number of aryl methyl sites for hydroxylation is 1. The Morgan fingerprint density at radius 3 is 2.69 bits per heavy atom. The highest BCUT2D eigenvalue weighted by atomic mass is 35.5. The maximum atomic E-state index is 5.92. The molecule has 0 aliphatic heterocycles. The molecule has 2 nitrogen and oxygen atoms in total. The van der Waals surface area contributed by atoms with E-state index in [4.69, 9.17) is 11.6 Å². The second-order valence-electron chi connectivity index (χ2n) is 3.85. The summed E-state index contributed by atoms with van der Waals surface area (Å²) in [5, 5.41) is 4.40. The van der Waals surface area contributed by atoms with Gasteiger partial charge in [-0.2, -0.15) is 5.10 Å². The molecule has 0 aliphatic rings. The Labute approximate surface area is 84.9 Å². The summed E-state index contributed by atoms with van der Waals surface area (Å²) in [6, 6.07) is 0. The Bertz CT molecular complexity index is 255. The number of hydrogen-bond donors (Lipinski definition) is 0. The highest BCUT2D eigenvalue weighted by Crippen LogP contribution is 2.15. The normalized spacial score (nSPS) is 15.7. The van der Waals surface area contributed by atoms with Gasteiger partial charge in [0.2, 0.25) is 0 Å². The minimum atomic E-state index is 0.270. The maximum absolute atomic E-state index is 5.92. The lowest BCUT2D eigenvalue weighted by molar-refractivity contribution is 0.526. The zero-order valence-electron chi connectivity index (χ0n) is 8.50. The molecule has 1 heterocycles. The van der Waals surface area contributed by atoms with Crippen LogP contribution in [0.4, 0.5) is 0 Å². The molecule has 2 unspecified atom stereocenters. The largest absolute Gasteiger partial charge is 0.276 e. The molecule has 0 aromatic carbocycles. The summed E-state index contributed by atoms with van der Waals surface area (Å²) in [6.45, 7) is 4.27. The van der Waals surface area contributed by atoms with Gasteiger partial charge in [-0.15, -0.1) is 11.6 Å². The first-order valence-electron chi connectivity index (χ1n) is 4.69. The van der Waals surface area contributed by atoms with Crippen LogP contribution in [0.1, 0.15) is 25.8 Å². The average Bonchev–Trinajstić information content (AvgIpc) is 2.33. The molecule has 0 N–H and O–H groups in total. The summed E-state index contributed by atoms with van der Waals surface area (Å²) >= 11 is 5.92. The van der Waals surface area contributed by atoms with Crippen LogP contribution in [0.5, 0.6) is 0 Å². The highest BCUT2D eigenvalue weighted by molar-refractivity contribution is 6.20. The van der Waals surface area contributed by atoms with E-state index >= 15 is 0 Å². The van der Waals surface area contributed by atoms with Crippen molar-refractivity contribution < 1.29 is 0 Å². The summed E-state index contributed by atoms with van der Waals surface area (Å²) in [6.07, 6.45) is 6.13. The molecule has 0 amide bonds. The summed E-state index contributed by atoms with van der Waals surface area (Å²) < 4.78 is 1.84. The van der Waals surface area contributed by atoms with Crippen LogP contribution in [-0.2, 0) is 13.5 Å². The van der Waals surface area contributed by atoms with Gasteiger partial charge in [0, 0.05) is 18.6 Å². The summed E-state index contributed by atoms with van der Waals surface area (Å²) in [5.41, 5.74) is 1.30. The molecule has 1 rings (SSSR count). The van der Waals surface area contributed by atoms with Crippen molar-refractivity contribution in [3.05, 3.63) is 18.0 Å². The van der Waals surface area contributed by atoms with Crippen LogP contribution in [-0.4, -0.2) is 15.2 Å². The van der Waals surface area contributed by atoms with Crippen molar-refractivity contribution in [2.45, 2.75) is 32.1 Å². The summed E-state index contributed by atoms with van der Waals surface area (Å²) in [5.74, 6) is 0.636. The van der Waals surface area contributed by atoms with Crippen LogP contribution in [0.3, 0.4) is 0 Å². The van der Waals surface area contributed by atoms with Crippen LogP contribution in [0.15, 0.2) is 12.4 Å². The molecule has 3 heteroatoms. The molecule has 0 aliphatic carbocycles. The summed E-state index contributed by atoms with van der Waals surface area (Å²) in [4.78, 5) is 0. The Morgan fingerprint density at radius 2 is 2.23 bits per heavy atom. The van der Waals surface area contributed by atoms with Gasteiger partial charge in [0.15, 0.2) is 0 Å². The molecular weight excluding hydrogens is 184 g/mol. The lowest BCUT2D eigenvalue weighted by atomic mass is 9.99. The van der Waals surface area contributed by atoms with Crippen LogP contribution in [0.25, 0.3) is 0 Å². The van der Waals surface area contributed by atoms with Crippen molar-refractivity contribution in [1.82, 2.24) is 9.78 Å². The van der Waals surface area contributed by atoms with Crippen LogP contribution >= 0.6 is 11.6 Å². The topological polar surface area (TPSA) is 17.8 Å². The van der Waals surface area contributed by atoms with E-state index in [0.717, 1.165) is 12.8 Å². The van der Waals surface area contributed by atoms with Crippen molar-refractivity contribution in [3.8, 4) is 0 Å². The Hall–Kier alpha value is -0.500. The predicted molar refractivity (Wildman–Crippen MR) is 56.0 cm³/mol. The Kier molecular flexibility index (Phi) is 3.79. The third-order valence-corrected chi connectivity index (χ3v) is 2.25. The fourth-order valence-electron chi connectivity index (χ4n) is 1.62. The van der Waals surface area contributed by atoms with Crippen molar-refractivity contribution in [1.29, 1.82) is 0 Å². The minimum absolute atomic E-state index is 0.270. The van der Waals surface area contributed by atoms with Crippen molar-refractivity contribution in [3.63, 3.8) is 0 Å². The molecular formula is C10H17ClN2. The van der Waals surface area contributed by atoms with Crippen LogP contribution < -0.4 is 0 Å².